The maximum absolute atomic E-state index is 12.6. The van der Waals surface area contributed by atoms with Gasteiger partial charge in [0, 0.05) is 44.0 Å². The second-order valence-corrected chi connectivity index (χ2v) is 7.84. The van der Waals surface area contributed by atoms with Crippen LogP contribution >= 0.6 is 11.6 Å². The van der Waals surface area contributed by atoms with E-state index in [1.807, 2.05) is 19.1 Å². The summed E-state index contributed by atoms with van der Waals surface area (Å²) in [5.74, 6) is 0.183. The van der Waals surface area contributed by atoms with Gasteiger partial charge in [-0.25, -0.2) is 14.2 Å². The Kier molecular flexibility index (Phi) is 7.57. The van der Waals surface area contributed by atoms with Gasteiger partial charge >= 0.3 is 6.03 Å². The van der Waals surface area contributed by atoms with Gasteiger partial charge in [0.2, 0.25) is 5.91 Å². The molecule has 2 aromatic rings. The molecule has 0 spiro atoms. The molecule has 2 N–H and O–H groups in total. The Hall–Kier alpha value is -3.00. The quantitative estimate of drug-likeness (QED) is 0.707. The van der Waals surface area contributed by atoms with E-state index in [4.69, 9.17) is 11.6 Å². The molecule has 164 valence electrons. The van der Waals surface area contributed by atoms with Gasteiger partial charge in [-0.15, -0.1) is 0 Å². The highest BCUT2D eigenvalue weighted by atomic mass is 35.5. The molecule has 2 aromatic heterocycles. The van der Waals surface area contributed by atoms with E-state index in [-0.39, 0.29) is 17.9 Å². The fraction of sp³-hybridized carbons (Fsp3) is 0.364. The summed E-state index contributed by atoms with van der Waals surface area (Å²) in [6.45, 7) is 2.19. The second-order valence-electron chi connectivity index (χ2n) is 7.43. The highest BCUT2D eigenvalue weighted by Gasteiger charge is 2.21. The number of alkyl halides is 1. The summed E-state index contributed by atoms with van der Waals surface area (Å²) >= 11 is 6.46. The third-order valence-electron chi connectivity index (χ3n) is 5.15. The van der Waals surface area contributed by atoms with Crippen molar-refractivity contribution in [2.75, 3.05) is 25.5 Å². The molecule has 7 nitrogen and oxygen atoms in total. The number of nitrogens with zero attached hydrogens (tertiary/aromatic N) is 3. The summed E-state index contributed by atoms with van der Waals surface area (Å²) in [6, 6.07) is 4.74. The zero-order valence-corrected chi connectivity index (χ0v) is 18.2. The summed E-state index contributed by atoms with van der Waals surface area (Å²) in [5.41, 5.74) is 3.03. The molecule has 1 unspecified atom stereocenters. The molecule has 3 heterocycles. The number of aromatic nitrogens is 2. The van der Waals surface area contributed by atoms with Crippen LogP contribution in [0.3, 0.4) is 0 Å². The van der Waals surface area contributed by atoms with Gasteiger partial charge in [0.1, 0.15) is 12.5 Å². The van der Waals surface area contributed by atoms with Crippen LogP contribution in [0.4, 0.5) is 15.0 Å². The van der Waals surface area contributed by atoms with E-state index in [0.29, 0.717) is 48.0 Å². The number of anilines is 1. The summed E-state index contributed by atoms with van der Waals surface area (Å²) < 4.78 is 12.6. The minimum Gasteiger partial charge on any atom is -0.359 e. The van der Waals surface area contributed by atoms with Crippen molar-refractivity contribution in [1.29, 1.82) is 0 Å². The first-order valence-corrected chi connectivity index (χ1v) is 10.4. The van der Waals surface area contributed by atoms with Crippen molar-refractivity contribution in [1.82, 2.24) is 20.2 Å². The van der Waals surface area contributed by atoms with E-state index in [1.165, 1.54) is 6.20 Å². The van der Waals surface area contributed by atoms with Crippen LogP contribution in [0.2, 0.25) is 5.02 Å². The molecule has 3 rings (SSSR count). The van der Waals surface area contributed by atoms with Crippen molar-refractivity contribution in [2.45, 2.75) is 26.4 Å². The van der Waals surface area contributed by atoms with E-state index in [0.717, 1.165) is 11.1 Å². The van der Waals surface area contributed by atoms with E-state index in [9.17, 15) is 14.0 Å². The Morgan fingerprint density at radius 1 is 1.26 bits per heavy atom. The molecular weight excluding hydrogens is 421 g/mol. The van der Waals surface area contributed by atoms with Gasteiger partial charge in [0.05, 0.1) is 10.7 Å². The third kappa shape index (κ3) is 5.79. The lowest BCUT2D eigenvalue weighted by atomic mass is 9.99. The van der Waals surface area contributed by atoms with Gasteiger partial charge in [-0.3, -0.25) is 15.1 Å². The highest BCUT2D eigenvalue weighted by Crippen LogP contribution is 2.28. The molecule has 0 aliphatic carbocycles. The van der Waals surface area contributed by atoms with Crippen molar-refractivity contribution in [3.63, 3.8) is 0 Å². The van der Waals surface area contributed by atoms with Crippen molar-refractivity contribution in [3.05, 3.63) is 58.5 Å². The number of pyridine rings is 2. The number of halogens is 2. The molecule has 0 bridgehead atoms. The Bertz CT molecular complexity index is 980. The normalized spacial score (nSPS) is 14.6. The predicted molar refractivity (Wildman–Crippen MR) is 118 cm³/mol. The molecule has 3 amide bonds. The smallest absolute Gasteiger partial charge is 0.323 e. The average Bonchev–Trinajstić information content (AvgIpc) is 2.79. The van der Waals surface area contributed by atoms with Gasteiger partial charge in [-0.1, -0.05) is 30.7 Å². The number of nitrogens with one attached hydrogen (secondary N) is 2. The van der Waals surface area contributed by atoms with E-state index < -0.39 is 6.67 Å². The van der Waals surface area contributed by atoms with Crippen LogP contribution in [0.15, 0.2) is 36.7 Å². The number of rotatable bonds is 6. The zero-order chi connectivity index (χ0) is 22.4. The fourth-order valence-electron chi connectivity index (χ4n) is 3.35. The monoisotopic (exact) mass is 445 g/mol. The molecular formula is C22H25ClFN5O2. The van der Waals surface area contributed by atoms with Crippen LogP contribution in [-0.4, -0.2) is 46.9 Å². The van der Waals surface area contributed by atoms with Crippen LogP contribution in [0.1, 0.15) is 30.2 Å². The van der Waals surface area contributed by atoms with E-state index in [1.54, 1.807) is 30.3 Å². The van der Waals surface area contributed by atoms with Gasteiger partial charge in [-0.05, 0) is 36.1 Å². The largest absolute Gasteiger partial charge is 0.359 e. The molecule has 1 atom stereocenters. The maximum Gasteiger partial charge on any atom is 0.323 e. The number of urea groups is 1. The highest BCUT2D eigenvalue weighted by molar-refractivity contribution is 6.32. The van der Waals surface area contributed by atoms with Gasteiger partial charge < -0.3 is 10.2 Å². The lowest BCUT2D eigenvalue weighted by Gasteiger charge is -2.26. The van der Waals surface area contributed by atoms with Crippen LogP contribution in [0.5, 0.6) is 0 Å². The Labute approximate surface area is 185 Å². The van der Waals surface area contributed by atoms with Crippen molar-refractivity contribution < 1.29 is 14.0 Å². The molecule has 1 aliphatic heterocycles. The van der Waals surface area contributed by atoms with Crippen LogP contribution < -0.4 is 10.6 Å². The first-order valence-electron chi connectivity index (χ1n) is 10.0. The standard InChI is InChI=1S/C22H25ClFN5O2/c1-14(21(30)25-2)9-16-10-18(23)20(27-13-16)17-5-7-29(8-6-17)22(31)28-19-4-3-15(11-24)12-26-19/h3-5,10,12-14H,6-9,11H2,1-2H3,(H,25,30)(H,26,28,31). The summed E-state index contributed by atoms with van der Waals surface area (Å²) in [4.78, 5) is 34.4. The fourth-order valence-corrected chi connectivity index (χ4v) is 3.66. The van der Waals surface area contributed by atoms with Crippen LogP contribution in [-0.2, 0) is 17.9 Å². The minimum atomic E-state index is -0.592. The Morgan fingerprint density at radius 2 is 2.03 bits per heavy atom. The maximum atomic E-state index is 12.6. The number of carbonyl (C=O) groups excluding carboxylic acids is 2. The summed E-state index contributed by atoms with van der Waals surface area (Å²) in [6.07, 6.45) is 6.25. The van der Waals surface area contributed by atoms with Crippen molar-refractivity contribution in [3.8, 4) is 0 Å². The first-order chi connectivity index (χ1) is 14.9. The van der Waals surface area contributed by atoms with E-state index in [2.05, 4.69) is 20.6 Å². The molecule has 0 aromatic carbocycles. The molecule has 0 saturated carbocycles. The van der Waals surface area contributed by atoms with Gasteiger partial charge in [0.25, 0.3) is 0 Å². The third-order valence-corrected chi connectivity index (χ3v) is 5.44. The molecule has 31 heavy (non-hydrogen) atoms. The first kappa shape index (κ1) is 22.7. The topological polar surface area (TPSA) is 87.2 Å². The minimum absolute atomic E-state index is 0.0258. The number of amides is 3. The molecule has 1 aliphatic rings. The van der Waals surface area contributed by atoms with Crippen molar-refractivity contribution >= 4 is 34.9 Å². The van der Waals surface area contributed by atoms with Crippen LogP contribution in [0, 0.1) is 5.92 Å². The van der Waals surface area contributed by atoms with Gasteiger partial charge in [-0.2, -0.15) is 0 Å². The lowest BCUT2D eigenvalue weighted by Crippen LogP contribution is -2.38. The molecule has 0 radical (unpaired) electrons. The predicted octanol–water partition coefficient (Wildman–Crippen LogP) is 3.85. The zero-order valence-electron chi connectivity index (χ0n) is 17.5. The lowest BCUT2D eigenvalue weighted by molar-refractivity contribution is -0.123. The Balaban J connectivity index is 1.61. The number of carbonyl (C=O) groups is 2. The second kappa shape index (κ2) is 10.3. The van der Waals surface area contributed by atoms with Gasteiger partial charge in [0.15, 0.2) is 0 Å². The summed E-state index contributed by atoms with van der Waals surface area (Å²) in [5, 5.41) is 5.89. The Morgan fingerprint density at radius 3 is 2.61 bits per heavy atom. The van der Waals surface area contributed by atoms with Crippen molar-refractivity contribution in [2.24, 2.45) is 5.92 Å². The summed E-state index contributed by atoms with van der Waals surface area (Å²) in [7, 11) is 1.62. The number of hydrogen-bond acceptors (Lipinski definition) is 4. The SMILES string of the molecule is CNC(=O)C(C)Cc1cnc(C2=CCN(C(=O)Nc3ccc(CF)cn3)CC2)c(Cl)c1. The number of hydrogen-bond donors (Lipinski definition) is 2. The van der Waals surface area contributed by atoms with E-state index >= 15 is 0 Å². The molecule has 9 heteroatoms. The average molecular weight is 446 g/mol. The molecule has 0 fully saturated rings. The molecule has 0 saturated heterocycles. The van der Waals surface area contributed by atoms with Crippen LogP contribution in [0.25, 0.3) is 5.57 Å².